The van der Waals surface area contributed by atoms with Crippen LogP contribution in [0.3, 0.4) is 0 Å². The summed E-state index contributed by atoms with van der Waals surface area (Å²) in [6.45, 7) is 7.61. The molecule has 8 heteroatoms. The highest BCUT2D eigenvalue weighted by Crippen LogP contribution is 2.42. The van der Waals surface area contributed by atoms with Crippen LogP contribution in [0.2, 0.25) is 0 Å². The maximum Gasteiger partial charge on any atom is 0.338 e. The molecule has 3 aliphatic heterocycles. The summed E-state index contributed by atoms with van der Waals surface area (Å²) in [5.74, 6) is -2.16. The SMILES string of the molecule is CO[C@@H]1OC2COC(C)(C)O[C@H]2C2OC(C)(C)O[C@@H]2C1OC(=O)c1ccccc1. The van der Waals surface area contributed by atoms with E-state index in [4.69, 9.17) is 33.2 Å². The van der Waals surface area contributed by atoms with Crippen LogP contribution < -0.4 is 0 Å². The van der Waals surface area contributed by atoms with Crippen molar-refractivity contribution in [3.8, 4) is 0 Å². The molecule has 0 aliphatic carbocycles. The summed E-state index contributed by atoms with van der Waals surface area (Å²) in [5, 5.41) is 0. The molecule has 0 aromatic heterocycles. The first-order chi connectivity index (χ1) is 13.7. The van der Waals surface area contributed by atoms with E-state index < -0.39 is 54.4 Å². The Balaban J connectivity index is 1.65. The average Bonchev–Trinajstić information content (AvgIpc) is 2.95. The Morgan fingerprint density at radius 1 is 0.966 bits per heavy atom. The fourth-order valence-corrected chi connectivity index (χ4v) is 4.02. The Kier molecular flexibility index (Phi) is 5.43. The highest BCUT2D eigenvalue weighted by atomic mass is 16.8. The van der Waals surface area contributed by atoms with Crippen molar-refractivity contribution in [3.63, 3.8) is 0 Å². The van der Waals surface area contributed by atoms with Gasteiger partial charge in [0.1, 0.15) is 24.4 Å². The van der Waals surface area contributed by atoms with Gasteiger partial charge in [0.15, 0.2) is 24.0 Å². The highest BCUT2D eigenvalue weighted by molar-refractivity contribution is 5.89. The summed E-state index contributed by atoms with van der Waals surface area (Å²) in [6, 6.07) is 8.76. The fraction of sp³-hybridized carbons (Fsp3) is 0.667. The van der Waals surface area contributed by atoms with E-state index in [0.717, 1.165) is 0 Å². The number of esters is 1. The number of methoxy groups -OCH3 is 1. The lowest BCUT2D eigenvalue weighted by molar-refractivity contribution is -0.340. The number of rotatable bonds is 3. The monoisotopic (exact) mass is 408 g/mol. The molecule has 3 fully saturated rings. The quantitative estimate of drug-likeness (QED) is 0.705. The van der Waals surface area contributed by atoms with Gasteiger partial charge < -0.3 is 33.2 Å². The number of carbonyl (C=O) groups is 1. The summed E-state index contributed by atoms with van der Waals surface area (Å²) < 4.78 is 41.7. The van der Waals surface area contributed by atoms with Gasteiger partial charge in [0.25, 0.3) is 0 Å². The Morgan fingerprint density at radius 3 is 2.31 bits per heavy atom. The molecule has 4 rings (SSSR count). The molecule has 0 spiro atoms. The molecule has 160 valence electrons. The molecule has 3 saturated heterocycles. The van der Waals surface area contributed by atoms with Crippen LogP contribution in [-0.2, 0) is 33.2 Å². The molecule has 3 heterocycles. The third-order valence-electron chi connectivity index (χ3n) is 5.25. The number of hydrogen-bond donors (Lipinski definition) is 0. The zero-order valence-corrected chi connectivity index (χ0v) is 17.3. The van der Waals surface area contributed by atoms with Gasteiger partial charge in [-0.1, -0.05) is 18.2 Å². The Bertz CT molecular complexity index is 733. The van der Waals surface area contributed by atoms with Crippen molar-refractivity contribution >= 4 is 5.97 Å². The molecule has 0 amide bonds. The van der Waals surface area contributed by atoms with Crippen molar-refractivity contribution in [2.24, 2.45) is 0 Å². The third-order valence-corrected chi connectivity index (χ3v) is 5.25. The molecule has 0 bridgehead atoms. The first-order valence-corrected chi connectivity index (χ1v) is 9.81. The van der Waals surface area contributed by atoms with E-state index in [-0.39, 0.29) is 0 Å². The number of hydrogen-bond acceptors (Lipinski definition) is 8. The minimum absolute atomic E-state index is 0.296. The second-order valence-corrected chi connectivity index (χ2v) is 8.37. The number of fused-ring (bicyclic) bond motifs is 3. The van der Waals surface area contributed by atoms with E-state index in [1.807, 2.05) is 33.8 Å². The van der Waals surface area contributed by atoms with Gasteiger partial charge in [-0.15, -0.1) is 0 Å². The lowest BCUT2D eigenvalue weighted by atomic mass is 9.99. The molecule has 0 saturated carbocycles. The van der Waals surface area contributed by atoms with Crippen molar-refractivity contribution in [1.82, 2.24) is 0 Å². The molecule has 1 aromatic rings. The van der Waals surface area contributed by atoms with Crippen molar-refractivity contribution in [2.75, 3.05) is 13.7 Å². The Labute approximate surface area is 170 Å². The third kappa shape index (κ3) is 4.19. The number of carbonyl (C=O) groups excluding carboxylic acids is 1. The summed E-state index contributed by atoms with van der Waals surface area (Å²) in [5.41, 5.74) is 0.430. The van der Waals surface area contributed by atoms with Crippen LogP contribution in [0.4, 0.5) is 0 Å². The van der Waals surface area contributed by atoms with Crippen LogP contribution in [-0.4, -0.2) is 68.1 Å². The van der Waals surface area contributed by atoms with Gasteiger partial charge in [0, 0.05) is 7.11 Å². The lowest BCUT2D eigenvalue weighted by Crippen LogP contribution is -2.55. The van der Waals surface area contributed by atoms with Crippen LogP contribution in [0.5, 0.6) is 0 Å². The number of ether oxygens (including phenoxy) is 7. The molecule has 6 atom stereocenters. The van der Waals surface area contributed by atoms with Gasteiger partial charge >= 0.3 is 5.97 Å². The van der Waals surface area contributed by atoms with Crippen molar-refractivity contribution in [2.45, 2.75) is 76.1 Å². The van der Waals surface area contributed by atoms with E-state index in [9.17, 15) is 4.79 Å². The van der Waals surface area contributed by atoms with Crippen LogP contribution in [0.25, 0.3) is 0 Å². The largest absolute Gasteiger partial charge is 0.450 e. The zero-order valence-electron chi connectivity index (χ0n) is 17.3. The minimum atomic E-state index is -0.876. The van der Waals surface area contributed by atoms with Crippen LogP contribution in [0, 0.1) is 0 Å². The Hall–Kier alpha value is -1.55. The van der Waals surface area contributed by atoms with Crippen LogP contribution >= 0.6 is 0 Å². The molecule has 0 N–H and O–H groups in total. The summed E-state index contributed by atoms with van der Waals surface area (Å²) in [4.78, 5) is 12.8. The van der Waals surface area contributed by atoms with Gasteiger partial charge in [-0.05, 0) is 39.8 Å². The van der Waals surface area contributed by atoms with E-state index >= 15 is 0 Å². The van der Waals surface area contributed by atoms with E-state index in [1.54, 1.807) is 24.3 Å². The van der Waals surface area contributed by atoms with E-state index in [2.05, 4.69) is 0 Å². The van der Waals surface area contributed by atoms with Crippen molar-refractivity contribution in [1.29, 1.82) is 0 Å². The summed E-state index contributed by atoms with van der Waals surface area (Å²) in [7, 11) is 1.50. The van der Waals surface area contributed by atoms with Gasteiger partial charge in [-0.25, -0.2) is 4.79 Å². The van der Waals surface area contributed by atoms with Crippen molar-refractivity contribution in [3.05, 3.63) is 35.9 Å². The van der Waals surface area contributed by atoms with Gasteiger partial charge in [0.2, 0.25) is 0 Å². The topological polar surface area (TPSA) is 81.7 Å². The second-order valence-electron chi connectivity index (χ2n) is 8.37. The van der Waals surface area contributed by atoms with Gasteiger partial charge in [-0.2, -0.15) is 0 Å². The lowest BCUT2D eigenvalue weighted by Gasteiger charge is -2.42. The predicted octanol–water partition coefficient (Wildman–Crippen LogP) is 2.25. The summed E-state index contributed by atoms with van der Waals surface area (Å²) >= 11 is 0. The van der Waals surface area contributed by atoms with Crippen LogP contribution in [0.15, 0.2) is 30.3 Å². The van der Waals surface area contributed by atoms with Gasteiger partial charge in [0.05, 0.1) is 12.2 Å². The summed E-state index contributed by atoms with van der Waals surface area (Å²) in [6.07, 6.45) is -3.80. The predicted molar refractivity (Wildman–Crippen MR) is 100 cm³/mol. The average molecular weight is 408 g/mol. The molecule has 29 heavy (non-hydrogen) atoms. The van der Waals surface area contributed by atoms with E-state index in [0.29, 0.717) is 12.2 Å². The fourth-order valence-electron chi connectivity index (χ4n) is 4.02. The zero-order chi connectivity index (χ0) is 20.8. The molecule has 3 aliphatic rings. The van der Waals surface area contributed by atoms with Gasteiger partial charge in [-0.3, -0.25) is 0 Å². The highest BCUT2D eigenvalue weighted by Gasteiger charge is 2.59. The maximum absolute atomic E-state index is 12.8. The molecular weight excluding hydrogens is 380 g/mol. The molecule has 3 unspecified atom stereocenters. The second kappa shape index (κ2) is 7.61. The maximum atomic E-state index is 12.8. The number of benzene rings is 1. The molecule has 1 aromatic carbocycles. The Morgan fingerprint density at radius 2 is 1.62 bits per heavy atom. The molecular formula is C21H28O8. The first-order valence-electron chi connectivity index (χ1n) is 9.81. The minimum Gasteiger partial charge on any atom is -0.450 e. The van der Waals surface area contributed by atoms with Crippen LogP contribution in [0.1, 0.15) is 38.1 Å². The van der Waals surface area contributed by atoms with E-state index in [1.165, 1.54) is 7.11 Å². The molecule has 8 nitrogen and oxygen atoms in total. The molecule has 0 radical (unpaired) electrons. The smallest absolute Gasteiger partial charge is 0.338 e. The standard InChI is InChI=1S/C21H28O8/c1-20(2)24-11-13-14(27-20)15-16(29-21(3,4)28-15)17(19(23-5)25-13)26-18(22)12-9-7-6-8-10-12/h6-10,13-17,19H,11H2,1-5H3/t13?,14-,15?,16+,17?,19-/m1/s1. The van der Waals surface area contributed by atoms with Crippen molar-refractivity contribution < 1.29 is 38.0 Å². The first kappa shape index (κ1) is 20.7. The normalized spacial score (nSPS) is 37.8.